The van der Waals surface area contributed by atoms with Crippen LogP contribution in [-0.2, 0) is 14.4 Å². The Balaban J connectivity index is 1.74. The minimum atomic E-state index is -0.671. The van der Waals surface area contributed by atoms with Gasteiger partial charge in [0, 0.05) is 43.7 Å². The maximum Gasteiger partial charge on any atom is 0.247 e. The fraction of sp³-hybridized carbons (Fsp3) is 0.581. The lowest BCUT2D eigenvalue weighted by Crippen LogP contribution is -2.57. The average Bonchev–Trinajstić information content (AvgIpc) is 3.53. The van der Waals surface area contributed by atoms with Crippen molar-refractivity contribution in [2.24, 2.45) is 17.8 Å². The van der Waals surface area contributed by atoms with Gasteiger partial charge in [-0.2, -0.15) is 0 Å². The summed E-state index contributed by atoms with van der Waals surface area (Å²) in [5.74, 6) is -1.24. The number of anilines is 1. The minimum Gasteiger partial charge on any atom is -0.396 e. The Labute approximate surface area is 237 Å². The second-order valence-electron chi connectivity index (χ2n) is 11.0. The number of likely N-dealkylation sites (tertiary alicyclic amines) is 1. The van der Waals surface area contributed by atoms with E-state index in [1.54, 1.807) is 33.7 Å². The molecule has 0 saturated carbocycles. The molecule has 8 heteroatoms. The summed E-state index contributed by atoms with van der Waals surface area (Å²) in [6.07, 6.45) is 7.60. The first kappa shape index (κ1) is 29.4. The molecule has 3 saturated heterocycles. The van der Waals surface area contributed by atoms with Crippen LogP contribution in [0.3, 0.4) is 0 Å². The number of benzene rings is 1. The van der Waals surface area contributed by atoms with E-state index < -0.39 is 22.6 Å². The van der Waals surface area contributed by atoms with Gasteiger partial charge in [0.2, 0.25) is 17.7 Å². The Morgan fingerprint density at radius 2 is 1.85 bits per heavy atom. The second kappa shape index (κ2) is 12.7. The molecular weight excluding hydrogens is 510 g/mol. The largest absolute Gasteiger partial charge is 0.396 e. The van der Waals surface area contributed by atoms with Gasteiger partial charge in [0.05, 0.1) is 16.6 Å². The molecule has 3 fully saturated rings. The zero-order valence-corrected chi connectivity index (χ0v) is 24.2. The first-order chi connectivity index (χ1) is 18.9. The molecule has 0 aromatic heterocycles. The Kier molecular flexibility index (Phi) is 9.60. The lowest BCUT2D eigenvalue weighted by molar-refractivity contribution is -0.142. The molecule has 1 aromatic carbocycles. The maximum atomic E-state index is 14.4. The molecule has 4 rings (SSSR count). The molecule has 0 radical (unpaired) electrons. The number of carbonyl (C=O) groups is 3. The summed E-state index contributed by atoms with van der Waals surface area (Å²) in [6, 6.07) is 8.86. The van der Waals surface area contributed by atoms with Crippen LogP contribution >= 0.6 is 11.8 Å². The summed E-state index contributed by atoms with van der Waals surface area (Å²) in [4.78, 5) is 48.2. The molecule has 3 heterocycles. The molecule has 6 atom stereocenters. The highest BCUT2D eigenvalue weighted by Gasteiger charge is 2.76. The van der Waals surface area contributed by atoms with Gasteiger partial charge in [0.25, 0.3) is 0 Å². The van der Waals surface area contributed by atoms with E-state index in [4.69, 9.17) is 0 Å². The highest BCUT2D eigenvalue weighted by molar-refractivity contribution is 8.02. The number of thioether (sulfide) groups is 1. The fourth-order valence-corrected chi connectivity index (χ4v) is 9.38. The van der Waals surface area contributed by atoms with Crippen molar-refractivity contribution in [2.45, 2.75) is 62.0 Å². The number of nitrogens with zero attached hydrogens (tertiary/aromatic N) is 3. The molecule has 1 N–H and O–H groups in total. The molecule has 3 amide bonds. The van der Waals surface area contributed by atoms with Gasteiger partial charge in [-0.1, -0.05) is 57.0 Å². The number of aliphatic hydroxyl groups excluding tert-OH is 1. The van der Waals surface area contributed by atoms with Crippen molar-refractivity contribution >= 4 is 35.2 Å². The molecule has 2 bridgehead atoms. The molecular formula is C31H43N3O4S. The van der Waals surface area contributed by atoms with E-state index in [-0.39, 0.29) is 35.5 Å². The third-order valence-corrected chi connectivity index (χ3v) is 10.7. The van der Waals surface area contributed by atoms with Crippen LogP contribution in [0.25, 0.3) is 0 Å². The highest BCUT2D eigenvalue weighted by Crippen LogP contribution is 2.69. The highest BCUT2D eigenvalue weighted by atomic mass is 32.2. The van der Waals surface area contributed by atoms with E-state index in [0.29, 0.717) is 32.6 Å². The van der Waals surface area contributed by atoms with Crippen LogP contribution in [0.1, 0.15) is 46.0 Å². The molecule has 3 aliphatic heterocycles. The predicted octanol–water partition coefficient (Wildman–Crippen LogP) is 4.13. The van der Waals surface area contributed by atoms with Crippen molar-refractivity contribution in [1.82, 2.24) is 9.80 Å². The van der Waals surface area contributed by atoms with Crippen LogP contribution in [0.2, 0.25) is 0 Å². The number of unbranched alkanes of at least 4 members (excludes halogenated alkanes) is 2. The van der Waals surface area contributed by atoms with E-state index in [2.05, 4.69) is 27.0 Å². The number of hydrogen-bond donors (Lipinski definition) is 1. The molecule has 3 unspecified atom stereocenters. The number of aliphatic hydroxyl groups is 1. The van der Waals surface area contributed by atoms with Gasteiger partial charge < -0.3 is 19.8 Å². The Bertz CT molecular complexity index is 1070. The van der Waals surface area contributed by atoms with Crippen molar-refractivity contribution < 1.29 is 19.5 Å². The zero-order chi connectivity index (χ0) is 28.2. The summed E-state index contributed by atoms with van der Waals surface area (Å²) in [5.41, 5.74) is 0.778. The minimum absolute atomic E-state index is 0.0271. The van der Waals surface area contributed by atoms with Crippen molar-refractivity contribution in [2.75, 3.05) is 37.7 Å². The monoisotopic (exact) mass is 553 g/mol. The van der Waals surface area contributed by atoms with E-state index in [1.165, 1.54) is 0 Å². The van der Waals surface area contributed by atoms with Gasteiger partial charge in [-0.3, -0.25) is 14.4 Å². The third-order valence-electron chi connectivity index (χ3n) is 8.66. The van der Waals surface area contributed by atoms with Gasteiger partial charge >= 0.3 is 0 Å². The van der Waals surface area contributed by atoms with Gasteiger partial charge in [-0.15, -0.1) is 24.9 Å². The van der Waals surface area contributed by atoms with Crippen molar-refractivity contribution in [3.8, 4) is 0 Å². The van der Waals surface area contributed by atoms with Crippen LogP contribution < -0.4 is 4.90 Å². The Morgan fingerprint density at radius 1 is 1.13 bits per heavy atom. The van der Waals surface area contributed by atoms with Crippen LogP contribution in [0.4, 0.5) is 5.69 Å². The molecule has 1 aromatic rings. The number of carbonyl (C=O) groups excluding carboxylic acids is 3. The van der Waals surface area contributed by atoms with Crippen LogP contribution in [0, 0.1) is 17.8 Å². The van der Waals surface area contributed by atoms with E-state index in [0.717, 1.165) is 31.4 Å². The molecule has 212 valence electrons. The second-order valence-corrected chi connectivity index (χ2v) is 12.6. The molecule has 39 heavy (non-hydrogen) atoms. The summed E-state index contributed by atoms with van der Waals surface area (Å²) < 4.78 is -0.671. The predicted molar refractivity (Wildman–Crippen MR) is 157 cm³/mol. The van der Waals surface area contributed by atoms with E-state index in [1.807, 2.05) is 35.2 Å². The summed E-state index contributed by atoms with van der Waals surface area (Å²) in [5, 5.41) is 9.61. The SMILES string of the molecule is C=CCN(CCCCC)C(=O)C1N(CCCO)C(=O)[C@@H]2[C@H](C(=O)N(CC=C)c3ccccc3)[C@@H]3CC(C)C12S3. The zero-order valence-electron chi connectivity index (χ0n) is 23.3. The summed E-state index contributed by atoms with van der Waals surface area (Å²) >= 11 is 1.69. The normalized spacial score (nSPS) is 28.8. The molecule has 0 aliphatic carbocycles. The van der Waals surface area contributed by atoms with Crippen LogP contribution in [-0.4, -0.2) is 81.5 Å². The number of rotatable bonds is 14. The number of hydrogen-bond acceptors (Lipinski definition) is 5. The van der Waals surface area contributed by atoms with Gasteiger partial charge in [0.1, 0.15) is 6.04 Å². The Morgan fingerprint density at radius 3 is 2.49 bits per heavy atom. The van der Waals surface area contributed by atoms with Gasteiger partial charge in [-0.05, 0) is 37.3 Å². The first-order valence-corrected chi connectivity index (χ1v) is 15.2. The number of fused-ring (bicyclic) bond motifs is 1. The maximum absolute atomic E-state index is 14.4. The Hall–Kier alpha value is -2.58. The molecule has 1 spiro atoms. The van der Waals surface area contributed by atoms with Gasteiger partial charge in [-0.25, -0.2) is 0 Å². The summed E-state index contributed by atoms with van der Waals surface area (Å²) in [6.45, 7) is 13.6. The molecule has 7 nitrogen and oxygen atoms in total. The fourth-order valence-electron chi connectivity index (χ4n) is 6.97. The smallest absolute Gasteiger partial charge is 0.247 e. The lowest BCUT2D eigenvalue weighted by Gasteiger charge is -2.41. The quantitative estimate of drug-likeness (QED) is 0.277. The van der Waals surface area contributed by atoms with E-state index >= 15 is 0 Å². The third kappa shape index (κ3) is 5.18. The summed E-state index contributed by atoms with van der Waals surface area (Å²) in [7, 11) is 0. The van der Waals surface area contributed by atoms with Crippen molar-refractivity contribution in [3.05, 3.63) is 55.6 Å². The number of para-hydroxylation sites is 1. The standard InChI is InChI=1S/C31H43N3O4S/c1-5-8-12-18-32(16-6-2)30(38)27-31-22(4)21-24(39-31)25(26(31)29(37)34(27)19-13-20-35)28(36)33(17-7-3)23-14-10-9-11-15-23/h6-7,9-11,14-15,22,24-27,35H,2-3,5,8,12-13,16-21H2,1,4H3/t22?,24-,25+,26-,27?,31?/m0/s1. The van der Waals surface area contributed by atoms with Crippen molar-refractivity contribution in [3.63, 3.8) is 0 Å². The lowest BCUT2D eigenvalue weighted by atomic mass is 9.65. The topological polar surface area (TPSA) is 81.2 Å². The molecule has 3 aliphatic rings. The van der Waals surface area contributed by atoms with Crippen LogP contribution in [0.15, 0.2) is 55.6 Å². The van der Waals surface area contributed by atoms with Crippen molar-refractivity contribution in [1.29, 1.82) is 0 Å². The average molecular weight is 554 g/mol. The first-order valence-electron chi connectivity index (χ1n) is 14.3. The number of amides is 3. The van der Waals surface area contributed by atoms with E-state index in [9.17, 15) is 19.5 Å². The van der Waals surface area contributed by atoms with Crippen LogP contribution in [0.5, 0.6) is 0 Å². The van der Waals surface area contributed by atoms with Gasteiger partial charge in [0.15, 0.2) is 0 Å².